The summed E-state index contributed by atoms with van der Waals surface area (Å²) in [5.41, 5.74) is 0. The van der Waals surface area contributed by atoms with Gasteiger partial charge in [0.15, 0.2) is 6.10 Å². The lowest BCUT2D eigenvalue weighted by Crippen LogP contribution is -2.29. The molecule has 0 heterocycles. The largest absolute Gasteiger partial charge is 0.462 e. The predicted molar refractivity (Wildman–Crippen MR) is 192 cm³/mol. The predicted octanol–water partition coefficient (Wildman–Crippen LogP) is 12.2. The molecule has 0 aromatic heterocycles. The molecule has 0 aliphatic carbocycles. The first kappa shape index (κ1) is 43.4. The van der Waals surface area contributed by atoms with Crippen molar-refractivity contribution in [2.75, 3.05) is 20.3 Å². The summed E-state index contributed by atoms with van der Waals surface area (Å²) >= 11 is 0. The zero-order valence-corrected chi connectivity index (χ0v) is 30.1. The van der Waals surface area contributed by atoms with Crippen molar-refractivity contribution in [1.29, 1.82) is 0 Å². The summed E-state index contributed by atoms with van der Waals surface area (Å²) in [6.45, 7) is 4.83. The summed E-state index contributed by atoms with van der Waals surface area (Å²) in [6, 6.07) is 0. The number of hydrogen-bond acceptors (Lipinski definition) is 5. The molecule has 45 heavy (non-hydrogen) atoms. The number of ether oxygens (including phenoxy) is 3. The highest BCUT2D eigenvalue weighted by atomic mass is 16.6. The van der Waals surface area contributed by atoms with Gasteiger partial charge in [0.1, 0.15) is 6.61 Å². The molecule has 0 spiro atoms. The molecule has 0 aromatic carbocycles. The Labute approximate surface area is 279 Å². The summed E-state index contributed by atoms with van der Waals surface area (Å²) < 4.78 is 16.1. The van der Waals surface area contributed by atoms with E-state index in [4.69, 9.17) is 14.2 Å². The third-order valence-corrected chi connectivity index (χ3v) is 8.37. The molecule has 1 unspecified atom stereocenters. The Bertz CT molecular complexity index is 686. The van der Waals surface area contributed by atoms with Crippen LogP contribution in [0.2, 0.25) is 0 Å². The summed E-state index contributed by atoms with van der Waals surface area (Å²) in [5, 5.41) is 0. The fourth-order valence-electron chi connectivity index (χ4n) is 5.49. The van der Waals surface area contributed by atoms with Crippen LogP contribution in [0.1, 0.15) is 194 Å². The average Bonchev–Trinajstić information content (AvgIpc) is 3.03. The number of methoxy groups -OCH3 is 1. The molecule has 0 saturated heterocycles. The maximum Gasteiger partial charge on any atom is 0.306 e. The number of rotatable bonds is 35. The molecular formula is C40H74O5. The van der Waals surface area contributed by atoms with Crippen LogP contribution >= 0.6 is 0 Å². The maximum atomic E-state index is 12.3. The van der Waals surface area contributed by atoms with E-state index in [2.05, 4.69) is 38.2 Å². The second-order valence-electron chi connectivity index (χ2n) is 12.9. The first-order chi connectivity index (χ1) is 22.1. The van der Waals surface area contributed by atoms with Crippen LogP contribution in [0.5, 0.6) is 0 Å². The van der Waals surface area contributed by atoms with Crippen LogP contribution < -0.4 is 0 Å². The van der Waals surface area contributed by atoms with E-state index in [9.17, 15) is 9.59 Å². The molecule has 1 atom stereocenters. The van der Waals surface area contributed by atoms with Crippen LogP contribution in [0.4, 0.5) is 0 Å². The fourth-order valence-corrected chi connectivity index (χ4v) is 5.49. The molecule has 0 radical (unpaired) electrons. The van der Waals surface area contributed by atoms with E-state index in [1.165, 1.54) is 116 Å². The highest BCUT2D eigenvalue weighted by Crippen LogP contribution is 2.13. The smallest absolute Gasteiger partial charge is 0.306 e. The monoisotopic (exact) mass is 635 g/mol. The molecule has 5 heteroatoms. The van der Waals surface area contributed by atoms with E-state index in [1.54, 1.807) is 7.11 Å². The SMILES string of the molecule is CCCCCCCC/C=C\CCCCCCCC(=O)OCC(COC)OC(=O)CCCCCCC/C=C\CCCCCCCC. The molecule has 0 saturated carbocycles. The van der Waals surface area contributed by atoms with E-state index in [-0.39, 0.29) is 25.2 Å². The van der Waals surface area contributed by atoms with Gasteiger partial charge in [-0.25, -0.2) is 0 Å². The number of unbranched alkanes of at least 4 members (excludes halogenated alkanes) is 22. The molecule has 0 N–H and O–H groups in total. The zero-order valence-electron chi connectivity index (χ0n) is 30.1. The Kier molecular flexibility index (Phi) is 35.5. The van der Waals surface area contributed by atoms with Crippen LogP contribution in [-0.2, 0) is 23.8 Å². The summed E-state index contributed by atoms with van der Waals surface area (Å²) in [6.07, 6.45) is 41.6. The van der Waals surface area contributed by atoms with Gasteiger partial charge in [0.2, 0.25) is 0 Å². The molecule has 0 rings (SSSR count). The van der Waals surface area contributed by atoms with Gasteiger partial charge in [-0.15, -0.1) is 0 Å². The summed E-state index contributed by atoms with van der Waals surface area (Å²) in [5.74, 6) is -0.454. The Morgan fingerprint density at radius 1 is 0.467 bits per heavy atom. The number of carbonyl (C=O) groups excluding carboxylic acids is 2. The summed E-state index contributed by atoms with van der Waals surface area (Å²) in [4.78, 5) is 24.5. The molecule has 0 aromatic rings. The van der Waals surface area contributed by atoms with Gasteiger partial charge < -0.3 is 14.2 Å². The average molecular weight is 635 g/mol. The topological polar surface area (TPSA) is 61.8 Å². The molecule has 0 fully saturated rings. The molecule has 5 nitrogen and oxygen atoms in total. The number of carbonyl (C=O) groups is 2. The lowest BCUT2D eigenvalue weighted by Gasteiger charge is -2.17. The highest BCUT2D eigenvalue weighted by molar-refractivity contribution is 5.70. The van der Waals surface area contributed by atoms with Crippen molar-refractivity contribution in [3.63, 3.8) is 0 Å². The minimum absolute atomic E-state index is 0.0653. The third-order valence-electron chi connectivity index (χ3n) is 8.37. The van der Waals surface area contributed by atoms with Gasteiger partial charge in [0, 0.05) is 20.0 Å². The highest BCUT2D eigenvalue weighted by Gasteiger charge is 2.17. The van der Waals surface area contributed by atoms with E-state index < -0.39 is 6.10 Å². The van der Waals surface area contributed by atoms with Crippen molar-refractivity contribution in [2.45, 2.75) is 200 Å². The van der Waals surface area contributed by atoms with Gasteiger partial charge in [-0.05, 0) is 64.2 Å². The van der Waals surface area contributed by atoms with Crippen molar-refractivity contribution in [3.05, 3.63) is 24.3 Å². The number of esters is 2. The van der Waals surface area contributed by atoms with Crippen LogP contribution in [0, 0.1) is 0 Å². The van der Waals surface area contributed by atoms with E-state index >= 15 is 0 Å². The van der Waals surface area contributed by atoms with E-state index in [0.29, 0.717) is 12.8 Å². The van der Waals surface area contributed by atoms with Crippen molar-refractivity contribution < 1.29 is 23.8 Å². The lowest BCUT2D eigenvalue weighted by atomic mass is 10.1. The van der Waals surface area contributed by atoms with Crippen LogP contribution in [0.15, 0.2) is 24.3 Å². The number of hydrogen-bond donors (Lipinski definition) is 0. The van der Waals surface area contributed by atoms with Crippen LogP contribution in [0.25, 0.3) is 0 Å². The molecule has 0 amide bonds. The van der Waals surface area contributed by atoms with Gasteiger partial charge >= 0.3 is 11.9 Å². The fraction of sp³-hybridized carbons (Fsp3) is 0.850. The van der Waals surface area contributed by atoms with Crippen molar-refractivity contribution >= 4 is 11.9 Å². The van der Waals surface area contributed by atoms with Gasteiger partial charge in [-0.3, -0.25) is 9.59 Å². The van der Waals surface area contributed by atoms with Gasteiger partial charge in [0.05, 0.1) is 6.61 Å². The van der Waals surface area contributed by atoms with Crippen molar-refractivity contribution in [1.82, 2.24) is 0 Å². The normalized spacial score (nSPS) is 12.3. The Morgan fingerprint density at radius 3 is 1.22 bits per heavy atom. The van der Waals surface area contributed by atoms with E-state index in [1.807, 2.05) is 0 Å². The van der Waals surface area contributed by atoms with Crippen molar-refractivity contribution in [2.24, 2.45) is 0 Å². The minimum atomic E-state index is -0.538. The quantitative estimate of drug-likeness (QED) is 0.0394. The second-order valence-corrected chi connectivity index (χ2v) is 12.9. The molecular weight excluding hydrogens is 560 g/mol. The second kappa shape index (κ2) is 36.8. The molecule has 0 bridgehead atoms. The first-order valence-electron chi connectivity index (χ1n) is 19.3. The third kappa shape index (κ3) is 35.1. The zero-order chi connectivity index (χ0) is 32.9. The summed E-state index contributed by atoms with van der Waals surface area (Å²) in [7, 11) is 1.57. The molecule has 0 aliphatic rings. The van der Waals surface area contributed by atoms with Gasteiger partial charge in [-0.1, -0.05) is 141 Å². The lowest BCUT2D eigenvalue weighted by molar-refractivity contribution is -0.162. The van der Waals surface area contributed by atoms with E-state index in [0.717, 1.165) is 51.4 Å². The number of allylic oxidation sites excluding steroid dienone is 4. The van der Waals surface area contributed by atoms with Crippen molar-refractivity contribution in [3.8, 4) is 0 Å². The first-order valence-corrected chi connectivity index (χ1v) is 19.3. The maximum absolute atomic E-state index is 12.3. The Balaban J connectivity index is 3.68. The standard InChI is InChI=1S/C40H74O5/c1-4-6-8-10-12-14-16-18-20-22-24-26-28-30-32-34-39(41)44-37-38(36-43-3)45-40(42)35-33-31-29-27-25-23-21-19-17-15-13-11-9-7-5-2/h18-21,38H,4-17,22-37H2,1-3H3/b20-18-,21-19-. The minimum Gasteiger partial charge on any atom is -0.462 e. The Hall–Kier alpha value is -1.62. The molecule has 0 aliphatic heterocycles. The molecule has 264 valence electrons. The Morgan fingerprint density at radius 2 is 0.822 bits per heavy atom. The van der Waals surface area contributed by atoms with Crippen LogP contribution in [0.3, 0.4) is 0 Å². The van der Waals surface area contributed by atoms with Gasteiger partial charge in [0.25, 0.3) is 0 Å². The van der Waals surface area contributed by atoms with Crippen LogP contribution in [-0.4, -0.2) is 38.4 Å². The van der Waals surface area contributed by atoms with Gasteiger partial charge in [-0.2, -0.15) is 0 Å².